The Morgan fingerprint density at radius 1 is 1.03 bits per heavy atom. The SMILES string of the molecule is Cc1ccc(C)c(CSc2nnc3n(CCCOC(C)C)c(=O)c4cc(C)ccc4n23)c1. The Kier molecular flexibility index (Phi) is 6.67. The van der Waals surface area contributed by atoms with Crippen LogP contribution in [0.3, 0.4) is 0 Å². The molecule has 2 aromatic carbocycles. The van der Waals surface area contributed by atoms with Crippen molar-refractivity contribution in [1.29, 1.82) is 0 Å². The van der Waals surface area contributed by atoms with Gasteiger partial charge in [-0.15, -0.1) is 10.2 Å². The Balaban J connectivity index is 1.75. The third-order valence-corrected chi connectivity index (χ3v) is 6.54. The zero-order chi connectivity index (χ0) is 22.8. The van der Waals surface area contributed by atoms with E-state index in [1.165, 1.54) is 16.7 Å². The van der Waals surface area contributed by atoms with Gasteiger partial charge in [0.15, 0.2) is 5.16 Å². The second-order valence-electron chi connectivity index (χ2n) is 8.59. The molecular weight excluding hydrogens is 420 g/mol. The summed E-state index contributed by atoms with van der Waals surface area (Å²) in [4.78, 5) is 13.3. The lowest BCUT2D eigenvalue weighted by Crippen LogP contribution is -2.24. The normalized spacial score (nSPS) is 11.8. The molecule has 168 valence electrons. The summed E-state index contributed by atoms with van der Waals surface area (Å²) >= 11 is 1.65. The molecular formula is C25H30N4O2S. The van der Waals surface area contributed by atoms with E-state index in [9.17, 15) is 4.79 Å². The van der Waals surface area contributed by atoms with Gasteiger partial charge in [-0.05, 0) is 64.3 Å². The van der Waals surface area contributed by atoms with Crippen LogP contribution in [0.15, 0.2) is 46.3 Å². The third kappa shape index (κ3) is 4.59. The minimum atomic E-state index is -0.0285. The van der Waals surface area contributed by atoms with Crippen LogP contribution in [-0.4, -0.2) is 31.9 Å². The lowest BCUT2D eigenvalue weighted by Gasteiger charge is -2.13. The fraction of sp³-hybridized carbons (Fsp3) is 0.400. The van der Waals surface area contributed by atoms with Crippen LogP contribution in [0.4, 0.5) is 0 Å². The fourth-order valence-electron chi connectivity index (χ4n) is 3.84. The van der Waals surface area contributed by atoms with Crippen LogP contribution in [0.25, 0.3) is 16.7 Å². The van der Waals surface area contributed by atoms with Crippen LogP contribution in [0.2, 0.25) is 0 Å². The van der Waals surface area contributed by atoms with Crippen LogP contribution in [0.1, 0.15) is 42.5 Å². The van der Waals surface area contributed by atoms with Gasteiger partial charge in [-0.1, -0.05) is 47.2 Å². The van der Waals surface area contributed by atoms with Crippen molar-refractivity contribution in [3.8, 4) is 0 Å². The van der Waals surface area contributed by atoms with Crippen molar-refractivity contribution >= 4 is 28.4 Å². The van der Waals surface area contributed by atoms with Gasteiger partial charge in [-0.2, -0.15) is 0 Å². The van der Waals surface area contributed by atoms with Crippen molar-refractivity contribution in [2.24, 2.45) is 0 Å². The van der Waals surface area contributed by atoms with Crippen LogP contribution < -0.4 is 5.56 Å². The first kappa shape index (κ1) is 22.6. The molecule has 7 heteroatoms. The van der Waals surface area contributed by atoms with E-state index < -0.39 is 0 Å². The van der Waals surface area contributed by atoms with Crippen molar-refractivity contribution in [1.82, 2.24) is 19.2 Å². The predicted molar refractivity (Wildman–Crippen MR) is 131 cm³/mol. The quantitative estimate of drug-likeness (QED) is 0.277. The summed E-state index contributed by atoms with van der Waals surface area (Å²) in [6, 6.07) is 12.5. The van der Waals surface area contributed by atoms with E-state index in [1.54, 1.807) is 16.3 Å². The van der Waals surface area contributed by atoms with E-state index in [2.05, 4.69) is 42.2 Å². The maximum Gasteiger partial charge on any atom is 0.262 e. The van der Waals surface area contributed by atoms with Gasteiger partial charge in [-0.3, -0.25) is 13.8 Å². The van der Waals surface area contributed by atoms with Crippen LogP contribution in [0, 0.1) is 20.8 Å². The molecule has 0 unspecified atom stereocenters. The van der Waals surface area contributed by atoms with Gasteiger partial charge >= 0.3 is 0 Å². The number of nitrogens with zero attached hydrogens (tertiary/aromatic N) is 4. The fourth-order valence-corrected chi connectivity index (χ4v) is 4.84. The van der Waals surface area contributed by atoms with Crippen molar-refractivity contribution in [2.75, 3.05) is 6.61 Å². The Morgan fingerprint density at radius 2 is 1.78 bits per heavy atom. The Labute approximate surface area is 192 Å². The number of fused-ring (bicyclic) bond motifs is 3. The summed E-state index contributed by atoms with van der Waals surface area (Å²) in [5, 5.41) is 10.4. The van der Waals surface area contributed by atoms with Crippen molar-refractivity contribution in [3.63, 3.8) is 0 Å². The van der Waals surface area contributed by atoms with Gasteiger partial charge in [0, 0.05) is 18.9 Å². The minimum Gasteiger partial charge on any atom is -0.379 e. The first-order chi connectivity index (χ1) is 15.3. The molecule has 0 aliphatic heterocycles. The van der Waals surface area contributed by atoms with Gasteiger partial charge in [0.05, 0.1) is 17.0 Å². The van der Waals surface area contributed by atoms with Gasteiger partial charge in [0.1, 0.15) is 0 Å². The molecule has 0 amide bonds. The number of ether oxygens (including phenoxy) is 1. The third-order valence-electron chi connectivity index (χ3n) is 5.56. The average molecular weight is 451 g/mol. The highest BCUT2D eigenvalue weighted by Gasteiger charge is 2.17. The number of benzene rings is 2. The maximum atomic E-state index is 13.3. The number of rotatable bonds is 8. The minimum absolute atomic E-state index is 0.0285. The molecule has 32 heavy (non-hydrogen) atoms. The maximum absolute atomic E-state index is 13.3. The van der Waals surface area contributed by atoms with E-state index >= 15 is 0 Å². The lowest BCUT2D eigenvalue weighted by atomic mass is 10.1. The highest BCUT2D eigenvalue weighted by atomic mass is 32.2. The Bertz CT molecular complexity index is 1320. The number of hydrogen-bond donors (Lipinski definition) is 0. The Morgan fingerprint density at radius 3 is 2.56 bits per heavy atom. The molecule has 0 saturated heterocycles. The summed E-state index contributed by atoms with van der Waals surface area (Å²) in [7, 11) is 0. The van der Waals surface area contributed by atoms with E-state index in [1.807, 2.05) is 43.4 Å². The van der Waals surface area contributed by atoms with Gasteiger partial charge in [0.2, 0.25) is 5.78 Å². The molecule has 0 atom stereocenters. The Hall–Kier alpha value is -2.64. The molecule has 2 aromatic heterocycles. The summed E-state index contributed by atoms with van der Waals surface area (Å²) in [5.74, 6) is 1.38. The molecule has 0 saturated carbocycles. The molecule has 6 nitrogen and oxygen atoms in total. The summed E-state index contributed by atoms with van der Waals surface area (Å²) < 4.78 is 9.43. The molecule has 0 radical (unpaired) electrons. The van der Waals surface area contributed by atoms with E-state index in [0.717, 1.165) is 28.4 Å². The highest BCUT2D eigenvalue weighted by Crippen LogP contribution is 2.26. The second-order valence-corrected chi connectivity index (χ2v) is 9.53. The monoisotopic (exact) mass is 450 g/mol. The molecule has 4 aromatic rings. The highest BCUT2D eigenvalue weighted by molar-refractivity contribution is 7.98. The van der Waals surface area contributed by atoms with Crippen molar-refractivity contribution < 1.29 is 4.74 Å². The first-order valence-corrected chi connectivity index (χ1v) is 12.0. The summed E-state index contributed by atoms with van der Waals surface area (Å²) in [5.41, 5.74) is 5.67. The zero-order valence-electron chi connectivity index (χ0n) is 19.4. The van der Waals surface area contributed by atoms with E-state index in [-0.39, 0.29) is 11.7 Å². The molecule has 0 N–H and O–H groups in total. The second kappa shape index (κ2) is 9.46. The van der Waals surface area contributed by atoms with Crippen LogP contribution >= 0.6 is 11.8 Å². The van der Waals surface area contributed by atoms with Crippen molar-refractivity contribution in [2.45, 2.75) is 64.6 Å². The van der Waals surface area contributed by atoms with Gasteiger partial charge < -0.3 is 4.74 Å². The van der Waals surface area contributed by atoms with Gasteiger partial charge in [0.25, 0.3) is 5.56 Å². The number of aromatic nitrogens is 4. The molecule has 2 heterocycles. The van der Waals surface area contributed by atoms with Gasteiger partial charge in [-0.25, -0.2) is 0 Å². The van der Waals surface area contributed by atoms with Crippen LogP contribution in [0.5, 0.6) is 0 Å². The number of thioether (sulfide) groups is 1. The van der Waals surface area contributed by atoms with E-state index in [4.69, 9.17) is 4.74 Å². The van der Waals surface area contributed by atoms with Crippen molar-refractivity contribution in [3.05, 3.63) is 69.0 Å². The first-order valence-electron chi connectivity index (χ1n) is 11.0. The topological polar surface area (TPSA) is 61.4 Å². The zero-order valence-corrected chi connectivity index (χ0v) is 20.2. The predicted octanol–water partition coefficient (Wildman–Crippen LogP) is 5.08. The molecule has 4 rings (SSSR count). The number of hydrogen-bond acceptors (Lipinski definition) is 5. The molecule has 0 aliphatic carbocycles. The molecule has 0 spiro atoms. The summed E-state index contributed by atoms with van der Waals surface area (Å²) in [6.45, 7) is 11.4. The molecule has 0 bridgehead atoms. The standard InChI is InChI=1S/C25H30N4O2S/c1-16(2)31-12-6-11-28-23(30)21-14-18(4)8-10-22(21)29-24(28)26-27-25(29)32-15-20-13-17(3)7-9-19(20)5/h7-10,13-14,16H,6,11-12,15H2,1-5H3. The summed E-state index contributed by atoms with van der Waals surface area (Å²) in [6.07, 6.45) is 0.912. The average Bonchev–Trinajstić information content (AvgIpc) is 3.17. The smallest absolute Gasteiger partial charge is 0.262 e. The lowest BCUT2D eigenvalue weighted by molar-refractivity contribution is 0.0748. The number of aryl methyl sites for hydroxylation is 4. The van der Waals surface area contributed by atoms with Crippen LogP contribution in [-0.2, 0) is 17.0 Å². The van der Waals surface area contributed by atoms with E-state index in [0.29, 0.717) is 24.3 Å². The molecule has 0 fully saturated rings. The largest absolute Gasteiger partial charge is 0.379 e. The molecule has 0 aliphatic rings.